The minimum atomic E-state index is -0.317. The number of rotatable bonds is 8. The van der Waals surface area contributed by atoms with Crippen LogP contribution in [0.3, 0.4) is 0 Å². The van der Waals surface area contributed by atoms with Gasteiger partial charge in [0, 0.05) is 28.5 Å². The van der Waals surface area contributed by atoms with E-state index in [1.165, 1.54) is 27.8 Å². The third kappa shape index (κ3) is 5.93. The van der Waals surface area contributed by atoms with Gasteiger partial charge in [-0.05, 0) is 75.8 Å². The number of ether oxygens (including phenoxy) is 1. The molecule has 56 heavy (non-hydrogen) atoms. The van der Waals surface area contributed by atoms with Crippen molar-refractivity contribution in [2.24, 2.45) is 5.92 Å². The van der Waals surface area contributed by atoms with E-state index in [2.05, 4.69) is 115 Å². The van der Waals surface area contributed by atoms with E-state index in [-0.39, 0.29) is 11.3 Å². The molecule has 266 valence electrons. The van der Waals surface area contributed by atoms with E-state index in [1.54, 1.807) is 0 Å². The zero-order valence-electron chi connectivity index (χ0n) is 30.6. The van der Waals surface area contributed by atoms with Gasteiger partial charge in [-0.3, -0.25) is 0 Å². The summed E-state index contributed by atoms with van der Waals surface area (Å²) >= 11 is 0. The van der Waals surface area contributed by atoms with E-state index in [0.29, 0.717) is 23.4 Å². The van der Waals surface area contributed by atoms with E-state index < -0.39 is 0 Å². The second kappa shape index (κ2) is 14.2. The average molecular weight is 720 g/mol. The molecule has 0 amide bonds. The highest BCUT2D eigenvalue weighted by atomic mass is 16.5. The Hall–Kier alpha value is -7.17. The van der Waals surface area contributed by atoms with Crippen LogP contribution < -0.4 is 4.74 Å². The molecular formula is C52H37N3O. The summed E-state index contributed by atoms with van der Waals surface area (Å²) in [7, 11) is 0. The van der Waals surface area contributed by atoms with Crippen LogP contribution in [0.25, 0.3) is 45.3 Å². The summed E-state index contributed by atoms with van der Waals surface area (Å²) in [5.41, 5.74) is 10.2. The molecule has 0 aliphatic heterocycles. The highest BCUT2D eigenvalue weighted by molar-refractivity contribution is 5.72. The van der Waals surface area contributed by atoms with E-state index in [0.717, 1.165) is 33.8 Å². The number of hydrogen-bond donors (Lipinski definition) is 0. The number of benzene rings is 7. The van der Waals surface area contributed by atoms with Crippen molar-refractivity contribution in [3.8, 4) is 56.8 Å². The van der Waals surface area contributed by atoms with Crippen LogP contribution in [-0.2, 0) is 5.41 Å². The molecule has 0 fully saturated rings. The topological polar surface area (TPSA) is 47.9 Å². The lowest BCUT2D eigenvalue weighted by atomic mass is 9.63. The molecule has 0 saturated carbocycles. The van der Waals surface area contributed by atoms with Gasteiger partial charge in [0.05, 0.1) is 5.41 Å². The molecule has 7 aromatic carbocycles. The summed E-state index contributed by atoms with van der Waals surface area (Å²) in [6, 6.07) is 65.5. The zero-order valence-corrected chi connectivity index (χ0v) is 30.6. The van der Waals surface area contributed by atoms with E-state index in [4.69, 9.17) is 19.7 Å². The Labute approximate surface area is 327 Å². The average Bonchev–Trinajstić information content (AvgIpc) is 3.58. The molecule has 0 saturated heterocycles. The maximum Gasteiger partial charge on any atom is 0.164 e. The first kappa shape index (κ1) is 33.4. The van der Waals surface area contributed by atoms with Crippen molar-refractivity contribution in [3.05, 3.63) is 235 Å². The van der Waals surface area contributed by atoms with Gasteiger partial charge in [-0.1, -0.05) is 170 Å². The normalized spacial score (nSPS) is 16.2. The Balaban J connectivity index is 0.947. The quantitative estimate of drug-likeness (QED) is 0.157. The van der Waals surface area contributed by atoms with E-state index in [1.807, 2.05) is 97.1 Å². The third-order valence-electron chi connectivity index (χ3n) is 11.2. The summed E-state index contributed by atoms with van der Waals surface area (Å²) in [6.07, 6.45) is 9.21. The molecule has 2 aliphatic carbocycles. The molecule has 1 heterocycles. The fraction of sp³-hybridized carbons (Fsp3) is 0.0577. The molecule has 8 aromatic rings. The van der Waals surface area contributed by atoms with Crippen LogP contribution in [0.2, 0.25) is 0 Å². The number of fused-ring (bicyclic) bond motifs is 3. The number of hydrogen-bond acceptors (Lipinski definition) is 4. The summed E-state index contributed by atoms with van der Waals surface area (Å²) in [5.74, 6) is 3.95. The number of aromatic nitrogens is 3. The lowest BCUT2D eigenvalue weighted by Crippen LogP contribution is -2.35. The molecular weight excluding hydrogens is 683 g/mol. The van der Waals surface area contributed by atoms with Gasteiger partial charge in [-0.25, -0.2) is 15.0 Å². The predicted octanol–water partition coefficient (Wildman–Crippen LogP) is 12.5. The molecule has 1 aromatic heterocycles. The molecule has 10 rings (SSSR count). The summed E-state index contributed by atoms with van der Waals surface area (Å²) in [5, 5.41) is 0. The fourth-order valence-electron chi connectivity index (χ4n) is 8.59. The molecule has 0 radical (unpaired) electrons. The van der Waals surface area contributed by atoms with Crippen molar-refractivity contribution in [1.82, 2.24) is 15.0 Å². The van der Waals surface area contributed by atoms with Gasteiger partial charge in [0.25, 0.3) is 0 Å². The van der Waals surface area contributed by atoms with Gasteiger partial charge in [-0.15, -0.1) is 0 Å². The largest absolute Gasteiger partial charge is 0.457 e. The minimum Gasteiger partial charge on any atom is -0.457 e. The SMILES string of the molecule is C1=CC2c3ccc(-c4ccc(Oc5ccc(-c6nc(-c7ccccc7)nc(-c7ccccc7)n6)cc5)cc4)cc3C(c3ccccc3)(c3ccccc3)C2C=C1. The summed E-state index contributed by atoms with van der Waals surface area (Å²) in [6.45, 7) is 0. The Bertz CT molecular complexity index is 2590. The maximum atomic E-state index is 6.36. The molecule has 2 atom stereocenters. The van der Waals surface area contributed by atoms with Crippen LogP contribution in [-0.4, -0.2) is 15.0 Å². The first-order chi connectivity index (χ1) is 27.7. The molecule has 4 nitrogen and oxygen atoms in total. The van der Waals surface area contributed by atoms with Gasteiger partial charge >= 0.3 is 0 Å². The lowest BCUT2D eigenvalue weighted by molar-refractivity contribution is 0.457. The second-order valence-electron chi connectivity index (χ2n) is 14.4. The Morgan fingerprint density at radius 1 is 0.393 bits per heavy atom. The zero-order chi connectivity index (χ0) is 37.3. The summed E-state index contributed by atoms with van der Waals surface area (Å²) < 4.78 is 6.36. The third-order valence-corrected chi connectivity index (χ3v) is 11.2. The smallest absolute Gasteiger partial charge is 0.164 e. The lowest BCUT2D eigenvalue weighted by Gasteiger charge is -2.39. The van der Waals surface area contributed by atoms with Crippen LogP contribution in [0.4, 0.5) is 0 Å². The van der Waals surface area contributed by atoms with Crippen molar-refractivity contribution in [2.45, 2.75) is 11.3 Å². The van der Waals surface area contributed by atoms with Gasteiger partial charge in [-0.2, -0.15) is 0 Å². The highest BCUT2D eigenvalue weighted by Gasteiger charge is 2.52. The molecule has 0 spiro atoms. The minimum absolute atomic E-state index is 0.270. The second-order valence-corrected chi connectivity index (χ2v) is 14.4. The van der Waals surface area contributed by atoms with Crippen molar-refractivity contribution in [3.63, 3.8) is 0 Å². The van der Waals surface area contributed by atoms with Crippen LogP contribution in [0.5, 0.6) is 11.5 Å². The monoisotopic (exact) mass is 719 g/mol. The first-order valence-corrected chi connectivity index (χ1v) is 19.1. The number of nitrogens with zero attached hydrogens (tertiary/aromatic N) is 3. The molecule has 0 bridgehead atoms. The van der Waals surface area contributed by atoms with Crippen LogP contribution in [0.1, 0.15) is 28.2 Å². The predicted molar refractivity (Wildman–Crippen MR) is 225 cm³/mol. The van der Waals surface area contributed by atoms with Crippen molar-refractivity contribution < 1.29 is 4.74 Å². The highest BCUT2D eigenvalue weighted by Crippen LogP contribution is 2.60. The first-order valence-electron chi connectivity index (χ1n) is 19.1. The van der Waals surface area contributed by atoms with Gasteiger partial charge in [0.2, 0.25) is 0 Å². The summed E-state index contributed by atoms with van der Waals surface area (Å²) in [4.78, 5) is 14.6. The Morgan fingerprint density at radius 2 is 0.821 bits per heavy atom. The van der Waals surface area contributed by atoms with Crippen molar-refractivity contribution in [2.75, 3.05) is 0 Å². The fourth-order valence-corrected chi connectivity index (χ4v) is 8.59. The van der Waals surface area contributed by atoms with Gasteiger partial charge in [0.15, 0.2) is 17.5 Å². The van der Waals surface area contributed by atoms with Crippen LogP contribution >= 0.6 is 0 Å². The van der Waals surface area contributed by atoms with Crippen LogP contribution in [0, 0.1) is 5.92 Å². The van der Waals surface area contributed by atoms with E-state index in [9.17, 15) is 0 Å². The van der Waals surface area contributed by atoms with Gasteiger partial charge < -0.3 is 4.74 Å². The van der Waals surface area contributed by atoms with Gasteiger partial charge in [0.1, 0.15) is 11.5 Å². The number of allylic oxidation sites excluding steroid dienone is 4. The molecule has 2 unspecified atom stereocenters. The molecule has 2 aliphatic rings. The molecule has 0 N–H and O–H groups in total. The standard InChI is InChI=1S/C52H37N3O/c1-5-15-37(16-6-1)49-53-50(38-17-7-2-8-18-38)55-51(54-49)39-27-32-44(33-28-39)56-43-30-25-36(26-31-43)40-29-34-46-45-23-13-14-24-47(45)52(48(46)35-40,41-19-9-3-10-20-41)42-21-11-4-12-22-42/h1-35,45,47H. The Kier molecular flexibility index (Phi) is 8.49. The maximum absolute atomic E-state index is 6.36. The Morgan fingerprint density at radius 3 is 1.34 bits per heavy atom. The van der Waals surface area contributed by atoms with E-state index >= 15 is 0 Å². The molecule has 4 heteroatoms. The van der Waals surface area contributed by atoms with Crippen molar-refractivity contribution >= 4 is 0 Å². The van der Waals surface area contributed by atoms with Crippen LogP contribution in [0.15, 0.2) is 212 Å². The van der Waals surface area contributed by atoms with Crippen molar-refractivity contribution in [1.29, 1.82) is 0 Å².